The predicted octanol–water partition coefficient (Wildman–Crippen LogP) is 4.45. The van der Waals surface area contributed by atoms with E-state index < -0.39 is 0 Å². The molecule has 2 aromatic heterocycles. The van der Waals surface area contributed by atoms with E-state index in [-0.39, 0.29) is 0 Å². The average Bonchev–Trinajstić information content (AvgIpc) is 2.52. The second kappa shape index (κ2) is 8.52. The molecular formula is C15H18Cl3N5. The van der Waals surface area contributed by atoms with Crippen molar-refractivity contribution in [2.75, 3.05) is 23.1 Å². The summed E-state index contributed by atoms with van der Waals surface area (Å²) in [7, 11) is 0. The van der Waals surface area contributed by atoms with E-state index in [0.29, 0.717) is 39.8 Å². The summed E-state index contributed by atoms with van der Waals surface area (Å²) in [5.41, 5.74) is 2.29. The van der Waals surface area contributed by atoms with Crippen LogP contribution in [-0.2, 0) is 6.54 Å². The molecule has 0 bridgehead atoms. The van der Waals surface area contributed by atoms with E-state index >= 15 is 0 Å². The smallest absolute Gasteiger partial charge is 0.149 e. The second-order valence-electron chi connectivity index (χ2n) is 4.96. The van der Waals surface area contributed by atoms with Crippen molar-refractivity contribution in [3.63, 3.8) is 0 Å². The van der Waals surface area contributed by atoms with Gasteiger partial charge in [0.1, 0.15) is 16.7 Å². The molecule has 0 aliphatic rings. The highest BCUT2D eigenvalue weighted by Crippen LogP contribution is 2.26. The first kappa shape index (κ1) is 18.0. The molecule has 2 N–H and O–H groups in total. The number of pyridine rings is 1. The number of nitrogens with zero attached hydrogens (tertiary/aromatic N) is 3. The molecule has 2 heterocycles. The molecule has 0 spiro atoms. The highest BCUT2D eigenvalue weighted by molar-refractivity contribution is 6.34. The fourth-order valence-electron chi connectivity index (χ4n) is 2.02. The van der Waals surface area contributed by atoms with Gasteiger partial charge >= 0.3 is 0 Å². The molecule has 0 amide bonds. The molecule has 0 saturated carbocycles. The first-order valence-electron chi connectivity index (χ1n) is 7.20. The van der Waals surface area contributed by atoms with Gasteiger partial charge < -0.3 is 10.6 Å². The Bertz CT molecular complexity index is 678. The summed E-state index contributed by atoms with van der Waals surface area (Å²) in [4.78, 5) is 12.8. The summed E-state index contributed by atoms with van der Waals surface area (Å²) in [6.45, 7) is 4.84. The predicted molar refractivity (Wildman–Crippen MR) is 96.9 cm³/mol. The van der Waals surface area contributed by atoms with Crippen LogP contribution in [0.25, 0.3) is 0 Å². The number of hydrogen-bond acceptors (Lipinski definition) is 5. The highest BCUT2D eigenvalue weighted by Gasteiger charge is 2.11. The van der Waals surface area contributed by atoms with Gasteiger partial charge in [-0.1, -0.05) is 23.2 Å². The van der Waals surface area contributed by atoms with Crippen molar-refractivity contribution in [3.8, 4) is 0 Å². The lowest BCUT2D eigenvalue weighted by atomic mass is 10.3. The van der Waals surface area contributed by atoms with E-state index in [0.717, 1.165) is 24.3 Å². The number of nitrogens with one attached hydrogen (secondary N) is 2. The highest BCUT2D eigenvalue weighted by atomic mass is 35.5. The van der Waals surface area contributed by atoms with Gasteiger partial charge in [-0.05, 0) is 26.3 Å². The zero-order chi connectivity index (χ0) is 16.8. The number of alkyl halides is 1. The molecule has 0 aliphatic carbocycles. The Labute approximate surface area is 150 Å². The molecule has 0 fully saturated rings. The molecule has 23 heavy (non-hydrogen) atoms. The molecule has 5 nitrogen and oxygen atoms in total. The standard InChI is InChI=1S/C15H18Cl3N5/c1-9-13(17)15(23-10(2)22-9)21-8-12-14(18)11(4-7-20-12)19-6-3-5-16/h4,7H,3,5-6,8H2,1-2H3,(H,19,20)(H,21,22,23). The Morgan fingerprint density at radius 2 is 1.87 bits per heavy atom. The van der Waals surface area contributed by atoms with Gasteiger partial charge in [0.05, 0.1) is 28.6 Å². The van der Waals surface area contributed by atoms with Crippen LogP contribution in [0.15, 0.2) is 12.3 Å². The summed E-state index contributed by atoms with van der Waals surface area (Å²) < 4.78 is 0. The second-order valence-corrected chi connectivity index (χ2v) is 6.09. The van der Waals surface area contributed by atoms with Crippen LogP contribution in [-0.4, -0.2) is 27.4 Å². The molecule has 124 valence electrons. The van der Waals surface area contributed by atoms with E-state index in [4.69, 9.17) is 34.8 Å². The van der Waals surface area contributed by atoms with Crippen molar-refractivity contribution < 1.29 is 0 Å². The number of rotatable bonds is 7. The van der Waals surface area contributed by atoms with Gasteiger partial charge in [-0.2, -0.15) is 0 Å². The van der Waals surface area contributed by atoms with E-state index in [1.54, 1.807) is 6.20 Å². The monoisotopic (exact) mass is 373 g/mol. The molecule has 2 rings (SSSR count). The number of aryl methyl sites for hydroxylation is 2. The molecule has 0 saturated heterocycles. The average molecular weight is 375 g/mol. The Morgan fingerprint density at radius 3 is 2.61 bits per heavy atom. The maximum Gasteiger partial charge on any atom is 0.149 e. The van der Waals surface area contributed by atoms with E-state index in [9.17, 15) is 0 Å². The summed E-state index contributed by atoms with van der Waals surface area (Å²) in [6.07, 6.45) is 2.58. The Hall–Kier alpha value is -1.30. The maximum absolute atomic E-state index is 6.39. The SMILES string of the molecule is Cc1nc(C)c(Cl)c(NCc2nccc(NCCCCl)c2Cl)n1. The van der Waals surface area contributed by atoms with Crippen LogP contribution in [0.3, 0.4) is 0 Å². The van der Waals surface area contributed by atoms with Crippen molar-refractivity contribution in [1.29, 1.82) is 0 Å². The van der Waals surface area contributed by atoms with Crippen LogP contribution < -0.4 is 10.6 Å². The first-order chi connectivity index (χ1) is 11.0. The molecule has 0 radical (unpaired) electrons. The van der Waals surface area contributed by atoms with Crippen LogP contribution in [0.4, 0.5) is 11.5 Å². The zero-order valence-electron chi connectivity index (χ0n) is 13.0. The van der Waals surface area contributed by atoms with Gasteiger partial charge in [0.2, 0.25) is 0 Å². The molecular weight excluding hydrogens is 357 g/mol. The normalized spacial score (nSPS) is 10.7. The molecule has 8 heteroatoms. The number of anilines is 2. The van der Waals surface area contributed by atoms with E-state index in [2.05, 4.69) is 25.6 Å². The molecule has 0 atom stereocenters. The van der Waals surface area contributed by atoms with E-state index in [1.165, 1.54) is 0 Å². The minimum atomic E-state index is 0.416. The van der Waals surface area contributed by atoms with Gasteiger partial charge in [-0.3, -0.25) is 4.98 Å². The summed E-state index contributed by atoms with van der Waals surface area (Å²) in [5.74, 6) is 1.84. The van der Waals surface area contributed by atoms with Crippen molar-refractivity contribution >= 4 is 46.3 Å². The minimum absolute atomic E-state index is 0.416. The quantitative estimate of drug-likeness (QED) is 0.554. The summed E-state index contributed by atoms with van der Waals surface area (Å²) in [6, 6.07) is 1.84. The van der Waals surface area contributed by atoms with Crippen LogP contribution in [0.5, 0.6) is 0 Å². The van der Waals surface area contributed by atoms with Gasteiger partial charge in [0.15, 0.2) is 0 Å². The van der Waals surface area contributed by atoms with E-state index in [1.807, 2.05) is 19.9 Å². The summed E-state index contributed by atoms with van der Waals surface area (Å²) in [5, 5.41) is 7.49. The van der Waals surface area contributed by atoms with Gasteiger partial charge in [-0.25, -0.2) is 9.97 Å². The lowest BCUT2D eigenvalue weighted by Crippen LogP contribution is -2.09. The Morgan fingerprint density at radius 1 is 1.09 bits per heavy atom. The molecule has 2 aromatic rings. The third kappa shape index (κ3) is 4.83. The van der Waals surface area contributed by atoms with Crippen LogP contribution in [0.1, 0.15) is 23.6 Å². The topological polar surface area (TPSA) is 62.7 Å². The van der Waals surface area contributed by atoms with Crippen molar-refractivity contribution in [2.45, 2.75) is 26.8 Å². The van der Waals surface area contributed by atoms with Gasteiger partial charge in [-0.15, -0.1) is 11.6 Å². The van der Waals surface area contributed by atoms with Gasteiger partial charge in [0, 0.05) is 18.6 Å². The lowest BCUT2D eigenvalue weighted by molar-refractivity contribution is 0.967. The van der Waals surface area contributed by atoms with Gasteiger partial charge in [0.25, 0.3) is 0 Å². The minimum Gasteiger partial charge on any atom is -0.384 e. The maximum atomic E-state index is 6.39. The molecule has 0 unspecified atom stereocenters. The fourth-order valence-corrected chi connectivity index (χ4v) is 2.55. The third-order valence-corrected chi connectivity index (χ3v) is 4.28. The fraction of sp³-hybridized carbons (Fsp3) is 0.400. The first-order valence-corrected chi connectivity index (χ1v) is 8.49. The third-order valence-electron chi connectivity index (χ3n) is 3.14. The van der Waals surface area contributed by atoms with Crippen LogP contribution >= 0.6 is 34.8 Å². The Balaban J connectivity index is 2.10. The Kier molecular flexibility index (Phi) is 6.69. The summed E-state index contributed by atoms with van der Waals surface area (Å²) >= 11 is 18.3. The lowest BCUT2D eigenvalue weighted by Gasteiger charge is -2.13. The number of hydrogen-bond donors (Lipinski definition) is 2. The van der Waals surface area contributed by atoms with Crippen molar-refractivity contribution in [1.82, 2.24) is 15.0 Å². The molecule has 0 aliphatic heterocycles. The number of halogens is 3. The zero-order valence-corrected chi connectivity index (χ0v) is 15.2. The largest absolute Gasteiger partial charge is 0.384 e. The van der Waals surface area contributed by atoms with Crippen molar-refractivity contribution in [3.05, 3.63) is 39.5 Å². The van der Waals surface area contributed by atoms with Crippen LogP contribution in [0.2, 0.25) is 10.0 Å². The molecule has 0 aromatic carbocycles. The number of aromatic nitrogens is 3. The van der Waals surface area contributed by atoms with Crippen molar-refractivity contribution in [2.24, 2.45) is 0 Å². The van der Waals surface area contributed by atoms with Crippen LogP contribution in [0, 0.1) is 13.8 Å².